The van der Waals surface area contributed by atoms with Gasteiger partial charge in [0.1, 0.15) is 0 Å². The van der Waals surface area contributed by atoms with Crippen LogP contribution in [0.5, 0.6) is 0 Å². The highest BCUT2D eigenvalue weighted by molar-refractivity contribution is 5.90. The third kappa shape index (κ3) is 3.47. The van der Waals surface area contributed by atoms with Crippen LogP contribution < -0.4 is 0 Å². The molecule has 0 spiro atoms. The van der Waals surface area contributed by atoms with Crippen molar-refractivity contribution in [2.75, 3.05) is 0 Å². The molecule has 22 heavy (non-hydrogen) atoms. The van der Waals surface area contributed by atoms with Crippen molar-refractivity contribution < 1.29 is 23.1 Å². The van der Waals surface area contributed by atoms with E-state index in [1.165, 1.54) is 12.4 Å². The number of aromatic carboxylic acids is 1. The summed E-state index contributed by atoms with van der Waals surface area (Å²) in [4.78, 5) is 11.0. The number of alkyl halides is 3. The van der Waals surface area contributed by atoms with Gasteiger partial charge in [-0.3, -0.25) is 4.68 Å². The lowest BCUT2D eigenvalue weighted by atomic mass is 9.99. The van der Waals surface area contributed by atoms with E-state index >= 15 is 0 Å². The second kappa shape index (κ2) is 6.21. The molecule has 0 aliphatic carbocycles. The van der Waals surface area contributed by atoms with Crippen LogP contribution in [0.3, 0.4) is 0 Å². The zero-order valence-electron chi connectivity index (χ0n) is 11.9. The molecule has 0 radical (unpaired) electrons. The highest BCUT2D eigenvalue weighted by Crippen LogP contribution is 2.37. The van der Waals surface area contributed by atoms with Gasteiger partial charge in [0.25, 0.3) is 0 Å². The van der Waals surface area contributed by atoms with Gasteiger partial charge in [0.2, 0.25) is 0 Å². The number of hydrogen-bond acceptors (Lipinski definition) is 2. The average molecular weight is 312 g/mol. The van der Waals surface area contributed by atoms with Gasteiger partial charge in [0.05, 0.1) is 17.3 Å². The molecule has 4 nitrogen and oxygen atoms in total. The van der Waals surface area contributed by atoms with Gasteiger partial charge in [0, 0.05) is 18.3 Å². The molecular formula is C15H15F3N2O2. The lowest BCUT2D eigenvalue weighted by Crippen LogP contribution is -2.08. The topological polar surface area (TPSA) is 55.1 Å². The number of aryl methyl sites for hydroxylation is 1. The average Bonchev–Trinajstić information content (AvgIpc) is 2.92. The van der Waals surface area contributed by atoms with E-state index in [4.69, 9.17) is 5.11 Å². The van der Waals surface area contributed by atoms with E-state index in [1.54, 1.807) is 4.68 Å². The number of benzene rings is 1. The summed E-state index contributed by atoms with van der Waals surface area (Å²) in [5.74, 6) is -1.27. The molecule has 0 aliphatic heterocycles. The molecule has 7 heteroatoms. The van der Waals surface area contributed by atoms with Crippen molar-refractivity contribution in [3.05, 3.63) is 41.7 Å². The molecule has 0 fully saturated rings. The summed E-state index contributed by atoms with van der Waals surface area (Å²) in [6.07, 6.45) is 0.0789. The van der Waals surface area contributed by atoms with Gasteiger partial charge in [-0.25, -0.2) is 4.79 Å². The number of nitrogens with zero attached hydrogens (tertiary/aromatic N) is 2. The number of aromatic nitrogens is 2. The number of unbranched alkanes of at least 4 members (excludes halogenated alkanes) is 1. The molecule has 0 aliphatic rings. The molecule has 2 aromatic rings. The Balaban J connectivity index is 2.48. The van der Waals surface area contributed by atoms with Crippen molar-refractivity contribution >= 4 is 5.97 Å². The first-order valence-electron chi connectivity index (χ1n) is 6.80. The summed E-state index contributed by atoms with van der Waals surface area (Å²) in [5.41, 5.74) is -0.974. The van der Waals surface area contributed by atoms with Crippen LogP contribution in [-0.4, -0.2) is 20.9 Å². The molecule has 0 atom stereocenters. The third-order valence-electron chi connectivity index (χ3n) is 3.26. The zero-order valence-corrected chi connectivity index (χ0v) is 11.9. The number of carboxylic acid groups (broad SMARTS) is 1. The predicted octanol–water partition coefficient (Wildman–Crippen LogP) is 4.07. The molecule has 1 heterocycles. The number of rotatable bonds is 5. The maximum atomic E-state index is 13.1. The van der Waals surface area contributed by atoms with Gasteiger partial charge in [-0.05, 0) is 30.2 Å². The van der Waals surface area contributed by atoms with E-state index in [-0.39, 0.29) is 16.7 Å². The van der Waals surface area contributed by atoms with E-state index in [1.807, 2.05) is 6.92 Å². The van der Waals surface area contributed by atoms with E-state index in [2.05, 4.69) is 5.10 Å². The minimum atomic E-state index is -4.56. The van der Waals surface area contributed by atoms with Crippen molar-refractivity contribution in [1.29, 1.82) is 0 Å². The van der Waals surface area contributed by atoms with Crippen LogP contribution in [0.2, 0.25) is 0 Å². The van der Waals surface area contributed by atoms with Crippen LogP contribution >= 0.6 is 0 Å². The van der Waals surface area contributed by atoms with Crippen LogP contribution in [0.15, 0.2) is 30.6 Å². The Morgan fingerprint density at radius 2 is 2.09 bits per heavy atom. The minimum Gasteiger partial charge on any atom is -0.478 e. The number of halogens is 3. The van der Waals surface area contributed by atoms with Gasteiger partial charge in [-0.15, -0.1) is 0 Å². The molecule has 1 aromatic carbocycles. The lowest BCUT2D eigenvalue weighted by molar-refractivity contribution is -0.137. The quantitative estimate of drug-likeness (QED) is 0.905. The van der Waals surface area contributed by atoms with E-state index < -0.39 is 17.7 Å². The molecular weight excluding hydrogens is 297 g/mol. The fourth-order valence-corrected chi connectivity index (χ4v) is 2.11. The van der Waals surface area contributed by atoms with Crippen LogP contribution in [-0.2, 0) is 12.7 Å². The second-order valence-corrected chi connectivity index (χ2v) is 4.91. The normalized spacial score (nSPS) is 11.6. The van der Waals surface area contributed by atoms with Crippen LogP contribution in [0.25, 0.3) is 11.1 Å². The molecule has 1 N–H and O–H groups in total. The van der Waals surface area contributed by atoms with Crippen LogP contribution in [0.4, 0.5) is 13.2 Å². The van der Waals surface area contributed by atoms with Crippen LogP contribution in [0, 0.1) is 0 Å². The summed E-state index contributed by atoms with van der Waals surface area (Å²) in [7, 11) is 0. The Kier molecular flexibility index (Phi) is 4.54. The van der Waals surface area contributed by atoms with E-state index in [9.17, 15) is 18.0 Å². The third-order valence-corrected chi connectivity index (χ3v) is 3.26. The Hall–Kier alpha value is -2.31. The molecule has 0 amide bonds. The molecule has 0 bridgehead atoms. The first-order valence-corrected chi connectivity index (χ1v) is 6.80. The Morgan fingerprint density at radius 3 is 2.68 bits per heavy atom. The number of hydrogen-bond donors (Lipinski definition) is 1. The molecule has 0 saturated carbocycles. The van der Waals surface area contributed by atoms with Crippen molar-refractivity contribution in [3.63, 3.8) is 0 Å². The van der Waals surface area contributed by atoms with Crippen molar-refractivity contribution in [2.45, 2.75) is 32.5 Å². The largest absolute Gasteiger partial charge is 0.478 e. The highest BCUT2D eigenvalue weighted by Gasteiger charge is 2.34. The minimum absolute atomic E-state index is 0.171. The van der Waals surface area contributed by atoms with Crippen molar-refractivity contribution in [3.8, 4) is 11.1 Å². The Labute approximate surface area is 125 Å². The number of carbonyl (C=O) groups is 1. The summed E-state index contributed by atoms with van der Waals surface area (Å²) in [6, 6.07) is 2.78. The van der Waals surface area contributed by atoms with Crippen LogP contribution in [0.1, 0.15) is 35.7 Å². The zero-order chi connectivity index (χ0) is 16.3. The van der Waals surface area contributed by atoms with Gasteiger partial charge in [-0.2, -0.15) is 18.3 Å². The highest BCUT2D eigenvalue weighted by atomic mass is 19.4. The Bertz CT molecular complexity index is 678. The SMILES string of the molecule is CCCCn1cc(-c2cc(C(=O)O)ccc2C(F)(F)F)cn1. The van der Waals surface area contributed by atoms with Crippen molar-refractivity contribution in [1.82, 2.24) is 9.78 Å². The van der Waals surface area contributed by atoms with Gasteiger partial charge < -0.3 is 5.11 Å². The molecule has 0 unspecified atom stereocenters. The lowest BCUT2D eigenvalue weighted by Gasteiger charge is -2.12. The first kappa shape index (κ1) is 16.1. The second-order valence-electron chi connectivity index (χ2n) is 4.91. The van der Waals surface area contributed by atoms with Crippen molar-refractivity contribution in [2.24, 2.45) is 0 Å². The fourth-order valence-electron chi connectivity index (χ4n) is 2.11. The maximum Gasteiger partial charge on any atom is 0.417 e. The van der Waals surface area contributed by atoms with E-state index in [0.717, 1.165) is 31.0 Å². The summed E-state index contributed by atoms with van der Waals surface area (Å²) in [6.45, 7) is 2.61. The van der Waals surface area contributed by atoms with Gasteiger partial charge >= 0.3 is 12.1 Å². The molecule has 1 aromatic heterocycles. The molecule has 0 saturated heterocycles. The predicted molar refractivity (Wildman–Crippen MR) is 74.5 cm³/mol. The summed E-state index contributed by atoms with van der Waals surface area (Å²) < 4.78 is 40.9. The fraction of sp³-hybridized carbons (Fsp3) is 0.333. The number of carboxylic acids is 1. The van der Waals surface area contributed by atoms with E-state index in [0.29, 0.717) is 6.54 Å². The monoisotopic (exact) mass is 312 g/mol. The molecule has 2 rings (SSSR count). The summed E-state index contributed by atoms with van der Waals surface area (Å²) in [5, 5.41) is 13.0. The molecule has 118 valence electrons. The summed E-state index contributed by atoms with van der Waals surface area (Å²) >= 11 is 0. The Morgan fingerprint density at radius 1 is 1.36 bits per heavy atom. The van der Waals surface area contributed by atoms with Gasteiger partial charge in [0.15, 0.2) is 0 Å². The van der Waals surface area contributed by atoms with Gasteiger partial charge in [-0.1, -0.05) is 13.3 Å². The smallest absolute Gasteiger partial charge is 0.417 e. The maximum absolute atomic E-state index is 13.1. The standard InChI is InChI=1S/C15H15F3N2O2/c1-2-3-6-20-9-11(8-19-20)12-7-10(14(21)22)4-5-13(12)15(16,17)18/h4-5,7-9H,2-3,6H2,1H3,(H,21,22). The first-order chi connectivity index (χ1) is 10.3.